The standard InChI is InChI=1S/C25H31N5O2S/c1-4-32-21-12-10-20(11-13-21)30-24(19-8-6-14-26-15-19)28-29-25(30)33-16-23(31)27-22-9-5-7-17(2)18(22)3/h6,8,10-15,17-18,22H,4-5,7,9,16H2,1-3H3,(H,27,31). The first-order chi connectivity index (χ1) is 16.1. The van der Waals surface area contributed by atoms with Crippen molar-refractivity contribution < 1.29 is 9.53 Å². The maximum Gasteiger partial charge on any atom is 0.230 e. The van der Waals surface area contributed by atoms with Crippen LogP contribution in [-0.2, 0) is 4.79 Å². The molecule has 2 heterocycles. The van der Waals surface area contributed by atoms with Crippen LogP contribution in [0.15, 0.2) is 53.9 Å². The van der Waals surface area contributed by atoms with E-state index in [0.717, 1.165) is 23.4 Å². The molecule has 3 atom stereocenters. The molecule has 1 fully saturated rings. The van der Waals surface area contributed by atoms with Crippen molar-refractivity contribution in [2.24, 2.45) is 11.8 Å². The van der Waals surface area contributed by atoms with Crippen LogP contribution in [0.1, 0.15) is 40.0 Å². The first kappa shape index (κ1) is 23.3. The van der Waals surface area contributed by atoms with Crippen LogP contribution in [0.3, 0.4) is 0 Å². The van der Waals surface area contributed by atoms with Crippen molar-refractivity contribution >= 4 is 17.7 Å². The van der Waals surface area contributed by atoms with E-state index in [1.165, 1.54) is 24.6 Å². The molecule has 1 N–H and O–H groups in total. The molecule has 1 saturated carbocycles. The number of carbonyl (C=O) groups is 1. The van der Waals surface area contributed by atoms with Gasteiger partial charge >= 0.3 is 0 Å². The van der Waals surface area contributed by atoms with Crippen LogP contribution < -0.4 is 10.1 Å². The molecule has 7 nitrogen and oxygen atoms in total. The Morgan fingerprint density at radius 3 is 2.73 bits per heavy atom. The fourth-order valence-corrected chi connectivity index (χ4v) is 5.06. The molecule has 1 aliphatic rings. The number of hydrogen-bond donors (Lipinski definition) is 1. The number of nitrogens with one attached hydrogen (secondary N) is 1. The van der Waals surface area contributed by atoms with Gasteiger partial charge < -0.3 is 10.1 Å². The van der Waals surface area contributed by atoms with Crippen LogP contribution in [0.4, 0.5) is 0 Å². The predicted octanol–water partition coefficient (Wildman–Crippen LogP) is 4.76. The molecule has 1 amide bonds. The number of nitrogens with zero attached hydrogens (tertiary/aromatic N) is 4. The summed E-state index contributed by atoms with van der Waals surface area (Å²) in [5, 5.41) is 12.7. The Labute approximate surface area is 199 Å². The second kappa shape index (κ2) is 10.8. The molecule has 8 heteroatoms. The highest BCUT2D eigenvalue weighted by molar-refractivity contribution is 7.99. The predicted molar refractivity (Wildman–Crippen MR) is 131 cm³/mol. The van der Waals surface area contributed by atoms with Gasteiger partial charge in [0.15, 0.2) is 11.0 Å². The molecular formula is C25H31N5O2S. The molecule has 0 radical (unpaired) electrons. The molecule has 1 aromatic carbocycles. The number of amides is 1. The first-order valence-electron chi connectivity index (χ1n) is 11.6. The average molecular weight is 466 g/mol. The zero-order chi connectivity index (χ0) is 23.2. The molecule has 1 aliphatic carbocycles. The monoisotopic (exact) mass is 465 g/mol. The SMILES string of the molecule is CCOc1ccc(-n2c(SCC(=O)NC3CCCC(C)C3C)nnc2-c2cccnc2)cc1. The topological polar surface area (TPSA) is 81.9 Å². The lowest BCUT2D eigenvalue weighted by Gasteiger charge is -2.34. The molecule has 2 aromatic heterocycles. The third kappa shape index (κ3) is 5.55. The summed E-state index contributed by atoms with van der Waals surface area (Å²) in [6.07, 6.45) is 6.96. The van der Waals surface area contributed by atoms with Gasteiger partial charge in [0, 0.05) is 29.7 Å². The van der Waals surface area contributed by atoms with E-state index in [9.17, 15) is 4.79 Å². The van der Waals surface area contributed by atoms with Gasteiger partial charge in [0.05, 0.1) is 12.4 Å². The van der Waals surface area contributed by atoms with E-state index in [1.807, 2.05) is 47.9 Å². The molecule has 33 heavy (non-hydrogen) atoms. The average Bonchev–Trinajstić information content (AvgIpc) is 3.26. The second-order valence-corrected chi connectivity index (χ2v) is 9.48. The Morgan fingerprint density at radius 1 is 1.18 bits per heavy atom. The van der Waals surface area contributed by atoms with Gasteiger partial charge in [-0.1, -0.05) is 38.5 Å². The van der Waals surface area contributed by atoms with Crippen LogP contribution in [-0.4, -0.2) is 44.1 Å². The van der Waals surface area contributed by atoms with Gasteiger partial charge in [0.25, 0.3) is 0 Å². The number of aromatic nitrogens is 4. The van der Waals surface area contributed by atoms with E-state index in [4.69, 9.17) is 4.74 Å². The Kier molecular flexibility index (Phi) is 7.65. The maximum atomic E-state index is 12.8. The Balaban J connectivity index is 1.54. The van der Waals surface area contributed by atoms with Crippen molar-refractivity contribution in [3.63, 3.8) is 0 Å². The molecular weight excluding hydrogens is 434 g/mol. The summed E-state index contributed by atoms with van der Waals surface area (Å²) in [7, 11) is 0. The highest BCUT2D eigenvalue weighted by atomic mass is 32.2. The Hall–Kier alpha value is -2.87. The summed E-state index contributed by atoms with van der Waals surface area (Å²) in [6, 6.07) is 11.9. The van der Waals surface area contributed by atoms with Crippen molar-refractivity contribution in [3.05, 3.63) is 48.8 Å². The molecule has 4 rings (SSSR count). The zero-order valence-electron chi connectivity index (χ0n) is 19.4. The number of rotatable bonds is 8. The Morgan fingerprint density at radius 2 is 2.00 bits per heavy atom. The fourth-order valence-electron chi connectivity index (χ4n) is 4.30. The molecule has 0 saturated heterocycles. The van der Waals surface area contributed by atoms with Gasteiger partial charge in [-0.15, -0.1) is 10.2 Å². The number of thioether (sulfide) groups is 1. The van der Waals surface area contributed by atoms with Crippen LogP contribution >= 0.6 is 11.8 Å². The second-order valence-electron chi connectivity index (χ2n) is 8.54. The van der Waals surface area contributed by atoms with E-state index in [1.54, 1.807) is 12.4 Å². The van der Waals surface area contributed by atoms with Crippen molar-refractivity contribution in [1.29, 1.82) is 0 Å². The third-order valence-corrected chi connectivity index (χ3v) is 7.27. The van der Waals surface area contributed by atoms with E-state index < -0.39 is 0 Å². The van der Waals surface area contributed by atoms with Crippen molar-refractivity contribution in [2.45, 2.75) is 51.2 Å². The lowest BCUT2D eigenvalue weighted by molar-refractivity contribution is -0.120. The zero-order valence-corrected chi connectivity index (χ0v) is 20.2. The molecule has 0 bridgehead atoms. The van der Waals surface area contributed by atoms with Crippen LogP contribution in [0.25, 0.3) is 17.1 Å². The molecule has 0 spiro atoms. The van der Waals surface area contributed by atoms with E-state index >= 15 is 0 Å². The minimum absolute atomic E-state index is 0.0371. The van der Waals surface area contributed by atoms with Crippen molar-refractivity contribution in [2.75, 3.05) is 12.4 Å². The summed E-state index contributed by atoms with van der Waals surface area (Å²) >= 11 is 1.40. The summed E-state index contributed by atoms with van der Waals surface area (Å²) < 4.78 is 7.55. The summed E-state index contributed by atoms with van der Waals surface area (Å²) in [5.74, 6) is 2.96. The van der Waals surface area contributed by atoms with Crippen LogP contribution in [0.5, 0.6) is 5.75 Å². The van der Waals surface area contributed by atoms with Gasteiger partial charge in [-0.3, -0.25) is 14.3 Å². The van der Waals surface area contributed by atoms with Gasteiger partial charge in [-0.05, 0) is 61.6 Å². The smallest absolute Gasteiger partial charge is 0.230 e. The molecule has 0 aliphatic heterocycles. The summed E-state index contributed by atoms with van der Waals surface area (Å²) in [4.78, 5) is 17.0. The first-order valence-corrected chi connectivity index (χ1v) is 12.6. The molecule has 3 aromatic rings. The van der Waals surface area contributed by atoms with Crippen LogP contribution in [0, 0.1) is 11.8 Å². The van der Waals surface area contributed by atoms with Gasteiger partial charge in [-0.2, -0.15) is 0 Å². The number of benzene rings is 1. The minimum atomic E-state index is 0.0371. The van der Waals surface area contributed by atoms with E-state index in [-0.39, 0.29) is 11.9 Å². The fraction of sp³-hybridized carbons (Fsp3) is 0.440. The lowest BCUT2D eigenvalue weighted by Crippen LogP contribution is -2.44. The number of pyridine rings is 1. The van der Waals surface area contributed by atoms with Gasteiger partial charge in [0.1, 0.15) is 5.75 Å². The third-order valence-electron chi connectivity index (χ3n) is 6.34. The Bertz CT molecular complexity index is 1050. The van der Waals surface area contributed by atoms with E-state index in [0.29, 0.717) is 35.2 Å². The van der Waals surface area contributed by atoms with Crippen LogP contribution in [0.2, 0.25) is 0 Å². The maximum absolute atomic E-state index is 12.8. The molecule has 174 valence electrons. The summed E-state index contributed by atoms with van der Waals surface area (Å²) in [5.41, 5.74) is 1.76. The highest BCUT2D eigenvalue weighted by Gasteiger charge is 2.28. The largest absolute Gasteiger partial charge is 0.494 e. The molecule has 3 unspecified atom stereocenters. The highest BCUT2D eigenvalue weighted by Crippen LogP contribution is 2.31. The van der Waals surface area contributed by atoms with Crippen molar-refractivity contribution in [1.82, 2.24) is 25.1 Å². The van der Waals surface area contributed by atoms with Gasteiger partial charge in [-0.25, -0.2) is 0 Å². The number of ether oxygens (including phenoxy) is 1. The van der Waals surface area contributed by atoms with E-state index in [2.05, 4.69) is 34.3 Å². The minimum Gasteiger partial charge on any atom is -0.494 e. The quantitative estimate of drug-likeness (QED) is 0.483. The van der Waals surface area contributed by atoms with Gasteiger partial charge in [0.2, 0.25) is 5.91 Å². The number of carbonyl (C=O) groups excluding carboxylic acids is 1. The van der Waals surface area contributed by atoms with Crippen molar-refractivity contribution in [3.8, 4) is 22.8 Å². The lowest BCUT2D eigenvalue weighted by atomic mass is 9.78. The normalized spacial score (nSPS) is 20.4. The number of hydrogen-bond acceptors (Lipinski definition) is 6. The summed E-state index contributed by atoms with van der Waals surface area (Å²) in [6.45, 7) is 7.09.